The maximum Gasteiger partial charge on any atom is 0.258 e. The summed E-state index contributed by atoms with van der Waals surface area (Å²) in [5.74, 6) is 0.0861. The zero-order valence-electron chi connectivity index (χ0n) is 10.0. The molecule has 0 unspecified atom stereocenters. The topological polar surface area (TPSA) is 87.9 Å². The lowest BCUT2D eigenvalue weighted by Crippen LogP contribution is -2.24. The van der Waals surface area contributed by atoms with E-state index in [4.69, 9.17) is 11.1 Å². The molecule has 19 heavy (non-hydrogen) atoms. The van der Waals surface area contributed by atoms with Crippen LogP contribution in [0.4, 0.5) is 5.82 Å². The summed E-state index contributed by atoms with van der Waals surface area (Å²) in [5.41, 5.74) is 6.83. The van der Waals surface area contributed by atoms with Crippen LogP contribution in [0, 0.1) is 5.41 Å². The first kappa shape index (κ1) is 11.3. The molecule has 1 heterocycles. The van der Waals surface area contributed by atoms with Gasteiger partial charge in [0.2, 0.25) is 0 Å². The SMILES string of the molecule is N=c1nc(-c2cccc3ccccc23)cc(N)n1O. The quantitative estimate of drug-likeness (QED) is 0.579. The highest BCUT2D eigenvalue weighted by atomic mass is 16.5. The van der Waals surface area contributed by atoms with E-state index in [1.165, 1.54) is 0 Å². The Morgan fingerprint density at radius 2 is 1.84 bits per heavy atom. The zero-order chi connectivity index (χ0) is 13.4. The Labute approximate surface area is 109 Å². The summed E-state index contributed by atoms with van der Waals surface area (Å²) < 4.78 is 0.550. The largest absolute Gasteiger partial charge is 0.423 e. The Morgan fingerprint density at radius 1 is 1.11 bits per heavy atom. The number of nitrogen functional groups attached to an aromatic ring is 1. The highest BCUT2D eigenvalue weighted by Crippen LogP contribution is 2.27. The van der Waals surface area contributed by atoms with Crippen molar-refractivity contribution < 1.29 is 5.21 Å². The van der Waals surface area contributed by atoms with Crippen LogP contribution in [0.25, 0.3) is 22.0 Å². The second-order valence-corrected chi connectivity index (χ2v) is 4.23. The van der Waals surface area contributed by atoms with Crippen LogP contribution in [0.2, 0.25) is 0 Å². The molecule has 1 aromatic heterocycles. The van der Waals surface area contributed by atoms with Gasteiger partial charge in [-0.2, -0.15) is 0 Å². The Kier molecular flexibility index (Phi) is 2.45. The van der Waals surface area contributed by atoms with Crippen LogP contribution in [-0.4, -0.2) is 14.9 Å². The van der Waals surface area contributed by atoms with Gasteiger partial charge in [-0.15, -0.1) is 4.73 Å². The molecule has 3 aromatic rings. The molecule has 0 fully saturated rings. The predicted octanol–water partition coefficient (Wildman–Crippen LogP) is 2.00. The van der Waals surface area contributed by atoms with Gasteiger partial charge in [0, 0.05) is 11.6 Å². The number of nitrogens with zero attached hydrogens (tertiary/aromatic N) is 2. The molecule has 0 saturated carbocycles. The van der Waals surface area contributed by atoms with Crippen molar-refractivity contribution in [3.63, 3.8) is 0 Å². The Hall–Kier alpha value is -2.82. The number of hydrogen-bond donors (Lipinski definition) is 3. The number of rotatable bonds is 1. The smallest absolute Gasteiger partial charge is 0.258 e. The molecule has 0 atom stereocenters. The number of aromatic nitrogens is 2. The summed E-state index contributed by atoms with van der Waals surface area (Å²) in [5, 5.41) is 19.1. The Bertz CT molecular complexity index is 818. The molecule has 5 heteroatoms. The summed E-state index contributed by atoms with van der Waals surface area (Å²) in [6, 6.07) is 15.3. The third kappa shape index (κ3) is 1.81. The van der Waals surface area contributed by atoms with Gasteiger partial charge in [-0.1, -0.05) is 42.5 Å². The molecule has 0 aliphatic heterocycles. The van der Waals surface area contributed by atoms with Crippen LogP contribution in [0.15, 0.2) is 48.5 Å². The van der Waals surface area contributed by atoms with Crippen LogP contribution < -0.4 is 11.4 Å². The molecule has 2 aromatic carbocycles. The number of anilines is 1. The minimum atomic E-state index is -0.289. The summed E-state index contributed by atoms with van der Waals surface area (Å²) in [6.07, 6.45) is 0. The van der Waals surface area contributed by atoms with Gasteiger partial charge >= 0.3 is 0 Å². The van der Waals surface area contributed by atoms with Gasteiger partial charge in [0.15, 0.2) is 0 Å². The summed E-state index contributed by atoms with van der Waals surface area (Å²) in [7, 11) is 0. The van der Waals surface area contributed by atoms with Crippen molar-refractivity contribution in [2.45, 2.75) is 0 Å². The number of fused-ring (bicyclic) bond motifs is 1. The third-order valence-corrected chi connectivity index (χ3v) is 3.02. The Morgan fingerprint density at radius 3 is 2.63 bits per heavy atom. The molecule has 0 aliphatic carbocycles. The average Bonchev–Trinajstić information content (AvgIpc) is 2.43. The van der Waals surface area contributed by atoms with E-state index in [0.29, 0.717) is 10.4 Å². The molecule has 0 saturated heterocycles. The van der Waals surface area contributed by atoms with E-state index in [9.17, 15) is 5.21 Å². The molecule has 0 aliphatic rings. The standard InChI is InChI=1S/C14H12N4O/c15-13-8-12(17-14(16)18(13)19)11-7-3-5-9-4-1-2-6-10(9)11/h1-8,16,19H,15H2. The lowest BCUT2D eigenvalue weighted by Gasteiger charge is -2.08. The monoisotopic (exact) mass is 252 g/mol. The maximum atomic E-state index is 9.43. The van der Waals surface area contributed by atoms with Crippen molar-refractivity contribution in [1.29, 1.82) is 5.41 Å². The highest BCUT2D eigenvalue weighted by Gasteiger charge is 2.07. The number of nitrogens with two attached hydrogens (primary N) is 1. The molecule has 0 amide bonds. The molecular formula is C14H12N4O. The normalized spacial score (nSPS) is 10.7. The van der Waals surface area contributed by atoms with E-state index in [0.717, 1.165) is 16.3 Å². The summed E-state index contributed by atoms with van der Waals surface area (Å²) >= 11 is 0. The van der Waals surface area contributed by atoms with Crippen LogP contribution in [-0.2, 0) is 0 Å². The zero-order valence-corrected chi connectivity index (χ0v) is 10.0. The van der Waals surface area contributed by atoms with Crippen molar-refractivity contribution in [2.24, 2.45) is 0 Å². The van der Waals surface area contributed by atoms with Gasteiger partial charge in [0.1, 0.15) is 5.82 Å². The highest BCUT2D eigenvalue weighted by molar-refractivity contribution is 5.95. The number of hydrogen-bond acceptors (Lipinski definition) is 4. The molecule has 4 N–H and O–H groups in total. The van der Waals surface area contributed by atoms with Crippen molar-refractivity contribution in [2.75, 3.05) is 5.73 Å². The molecule has 3 rings (SSSR count). The van der Waals surface area contributed by atoms with Crippen molar-refractivity contribution in [1.82, 2.24) is 9.71 Å². The van der Waals surface area contributed by atoms with E-state index >= 15 is 0 Å². The first-order valence-corrected chi connectivity index (χ1v) is 5.78. The van der Waals surface area contributed by atoms with Crippen LogP contribution >= 0.6 is 0 Å². The lowest BCUT2D eigenvalue weighted by molar-refractivity contribution is 0.172. The van der Waals surface area contributed by atoms with Gasteiger partial charge in [-0.05, 0) is 10.8 Å². The molecule has 0 bridgehead atoms. The number of benzene rings is 2. The summed E-state index contributed by atoms with van der Waals surface area (Å²) in [4.78, 5) is 4.05. The van der Waals surface area contributed by atoms with E-state index in [2.05, 4.69) is 4.98 Å². The van der Waals surface area contributed by atoms with Gasteiger partial charge in [-0.3, -0.25) is 5.41 Å². The fourth-order valence-corrected chi connectivity index (χ4v) is 2.10. The molecule has 94 valence electrons. The number of nitrogens with one attached hydrogen (secondary N) is 1. The fraction of sp³-hybridized carbons (Fsp3) is 0. The van der Waals surface area contributed by atoms with Crippen molar-refractivity contribution >= 4 is 16.6 Å². The minimum absolute atomic E-state index is 0.0861. The van der Waals surface area contributed by atoms with Gasteiger partial charge in [0.05, 0.1) is 5.69 Å². The van der Waals surface area contributed by atoms with Gasteiger partial charge in [-0.25, -0.2) is 4.98 Å². The average molecular weight is 252 g/mol. The molecular weight excluding hydrogens is 240 g/mol. The molecule has 0 radical (unpaired) electrons. The first-order valence-electron chi connectivity index (χ1n) is 5.78. The predicted molar refractivity (Wildman–Crippen MR) is 72.6 cm³/mol. The second kappa shape index (κ2) is 4.13. The fourth-order valence-electron chi connectivity index (χ4n) is 2.10. The summed E-state index contributed by atoms with van der Waals surface area (Å²) in [6.45, 7) is 0. The van der Waals surface area contributed by atoms with Crippen molar-refractivity contribution in [3.8, 4) is 11.3 Å². The van der Waals surface area contributed by atoms with E-state index in [1.807, 2.05) is 42.5 Å². The lowest BCUT2D eigenvalue weighted by atomic mass is 10.0. The molecule has 0 spiro atoms. The van der Waals surface area contributed by atoms with Crippen molar-refractivity contribution in [3.05, 3.63) is 54.1 Å². The maximum absolute atomic E-state index is 9.43. The minimum Gasteiger partial charge on any atom is -0.423 e. The van der Waals surface area contributed by atoms with Crippen LogP contribution in [0.3, 0.4) is 0 Å². The Balaban J connectivity index is 2.34. The second-order valence-electron chi connectivity index (χ2n) is 4.23. The van der Waals surface area contributed by atoms with Crippen LogP contribution in [0.1, 0.15) is 0 Å². The molecule has 5 nitrogen and oxygen atoms in total. The van der Waals surface area contributed by atoms with Crippen LogP contribution in [0.5, 0.6) is 0 Å². The van der Waals surface area contributed by atoms with Gasteiger partial charge < -0.3 is 10.9 Å². The van der Waals surface area contributed by atoms with Gasteiger partial charge in [0.25, 0.3) is 5.62 Å². The van der Waals surface area contributed by atoms with E-state index in [1.54, 1.807) is 6.07 Å². The first-order chi connectivity index (χ1) is 9.16. The van der Waals surface area contributed by atoms with E-state index < -0.39 is 0 Å². The van der Waals surface area contributed by atoms with E-state index in [-0.39, 0.29) is 11.4 Å². The third-order valence-electron chi connectivity index (χ3n) is 3.02.